The van der Waals surface area contributed by atoms with Gasteiger partial charge in [0.2, 0.25) is 5.91 Å². The molecule has 0 fully saturated rings. The Morgan fingerprint density at radius 3 is 2.63 bits per heavy atom. The van der Waals surface area contributed by atoms with Gasteiger partial charge in [-0.25, -0.2) is 16.1 Å². The van der Waals surface area contributed by atoms with E-state index < -0.39 is 6.03 Å². The molecule has 0 spiro atoms. The predicted molar refractivity (Wildman–Crippen MR) is 67.6 cm³/mol. The highest BCUT2D eigenvalue weighted by atomic mass is 16.2. The smallest absolute Gasteiger partial charge is 0.273 e. The molecule has 1 aromatic carbocycles. The summed E-state index contributed by atoms with van der Waals surface area (Å²) in [6.45, 7) is 0. The van der Waals surface area contributed by atoms with Crippen LogP contribution >= 0.6 is 0 Å². The molecule has 1 aromatic rings. The summed E-state index contributed by atoms with van der Waals surface area (Å²) in [5, 5.41) is 11.0. The topological polar surface area (TPSA) is 121 Å². The number of hydrazone groups is 1. The second-order valence-corrected chi connectivity index (χ2v) is 3.79. The van der Waals surface area contributed by atoms with Gasteiger partial charge in [0, 0.05) is 12.8 Å². The minimum absolute atomic E-state index is 0.0815. The normalized spacial score (nSPS) is 15.0. The van der Waals surface area contributed by atoms with Crippen molar-refractivity contribution in [3.63, 3.8) is 0 Å². The molecule has 8 heteroatoms. The largest absolute Gasteiger partial charge is 0.373 e. The van der Waals surface area contributed by atoms with Crippen molar-refractivity contribution in [3.05, 3.63) is 29.8 Å². The third kappa shape index (κ3) is 3.42. The molecule has 98 valence electrons. The van der Waals surface area contributed by atoms with E-state index in [1.807, 2.05) is 5.43 Å². The van der Waals surface area contributed by atoms with E-state index in [4.69, 9.17) is 5.84 Å². The second-order valence-electron chi connectivity index (χ2n) is 3.79. The standard InChI is InChI=1S/C11H12N6O2/c12-13-11(19)17-14-8-3-1-7(2-4-8)9-5-6-10(18)16-15-9/h1-4H,5-6,12H2,(H,13,19)(H,16,18). The number of rotatable bonds is 2. The van der Waals surface area contributed by atoms with Crippen molar-refractivity contribution in [2.24, 2.45) is 21.2 Å². The maximum atomic E-state index is 11.0. The van der Waals surface area contributed by atoms with E-state index in [0.29, 0.717) is 18.5 Å². The molecule has 0 aliphatic carbocycles. The number of benzene rings is 1. The predicted octanol–water partition coefficient (Wildman–Crippen LogP) is 0.968. The third-order valence-corrected chi connectivity index (χ3v) is 2.48. The Balaban J connectivity index is 2.08. The van der Waals surface area contributed by atoms with E-state index in [-0.39, 0.29) is 5.91 Å². The fourth-order valence-electron chi connectivity index (χ4n) is 1.53. The highest BCUT2D eigenvalue weighted by Gasteiger charge is 2.12. The average molecular weight is 260 g/mol. The first-order valence-corrected chi connectivity index (χ1v) is 5.57. The van der Waals surface area contributed by atoms with Crippen LogP contribution in [0, 0.1) is 0 Å². The van der Waals surface area contributed by atoms with E-state index in [1.165, 1.54) is 0 Å². The maximum absolute atomic E-state index is 11.0. The van der Waals surface area contributed by atoms with Gasteiger partial charge in [-0.1, -0.05) is 17.2 Å². The molecule has 8 nitrogen and oxygen atoms in total. The molecular weight excluding hydrogens is 248 g/mol. The first-order valence-electron chi connectivity index (χ1n) is 5.57. The molecule has 1 aliphatic rings. The monoisotopic (exact) mass is 260 g/mol. The van der Waals surface area contributed by atoms with Gasteiger partial charge < -0.3 is 0 Å². The molecule has 0 bridgehead atoms. The van der Waals surface area contributed by atoms with E-state index in [1.54, 1.807) is 24.3 Å². The van der Waals surface area contributed by atoms with Gasteiger partial charge in [0.15, 0.2) is 0 Å². The molecule has 2 rings (SSSR count). The fraction of sp³-hybridized carbons (Fsp3) is 0.182. The Labute approximate surface area is 108 Å². The Bertz CT molecular complexity index is 549. The minimum atomic E-state index is -0.719. The summed E-state index contributed by atoms with van der Waals surface area (Å²) < 4.78 is 0. The van der Waals surface area contributed by atoms with Gasteiger partial charge in [-0.05, 0) is 17.7 Å². The number of urea groups is 1. The molecule has 3 amide bonds. The average Bonchev–Trinajstić information content (AvgIpc) is 2.46. The van der Waals surface area contributed by atoms with Gasteiger partial charge in [-0.15, -0.1) is 5.11 Å². The van der Waals surface area contributed by atoms with Gasteiger partial charge in [0.25, 0.3) is 0 Å². The SMILES string of the molecule is NNC(=O)N=Nc1ccc(C2=NNC(=O)CC2)cc1. The van der Waals surface area contributed by atoms with Crippen LogP contribution in [0.25, 0.3) is 0 Å². The van der Waals surface area contributed by atoms with Gasteiger partial charge >= 0.3 is 6.03 Å². The number of carbonyl (C=O) groups is 2. The number of carbonyl (C=O) groups excluding carboxylic acids is 2. The zero-order chi connectivity index (χ0) is 13.7. The summed E-state index contributed by atoms with van der Waals surface area (Å²) in [5.41, 5.74) is 6.50. The van der Waals surface area contributed by atoms with E-state index in [0.717, 1.165) is 11.3 Å². The number of amides is 3. The lowest BCUT2D eigenvalue weighted by molar-refractivity contribution is -0.121. The number of nitrogens with one attached hydrogen (secondary N) is 2. The molecule has 4 N–H and O–H groups in total. The Hall–Kier alpha value is -2.61. The van der Waals surface area contributed by atoms with Crippen LogP contribution in [0.15, 0.2) is 39.6 Å². The highest BCUT2D eigenvalue weighted by Crippen LogP contribution is 2.16. The quantitative estimate of drug-likeness (QED) is 0.318. The zero-order valence-electron chi connectivity index (χ0n) is 9.96. The van der Waals surface area contributed by atoms with Gasteiger partial charge in [-0.2, -0.15) is 5.10 Å². The van der Waals surface area contributed by atoms with Crippen LogP contribution in [0.1, 0.15) is 18.4 Å². The van der Waals surface area contributed by atoms with Crippen molar-refractivity contribution in [1.82, 2.24) is 10.9 Å². The second kappa shape index (κ2) is 5.83. The number of hydrogen-bond acceptors (Lipinski definition) is 5. The lowest BCUT2D eigenvalue weighted by atomic mass is 10.0. The number of azo groups is 1. The summed E-state index contributed by atoms with van der Waals surface area (Å²) in [6.07, 6.45) is 1.03. The molecule has 0 atom stereocenters. The number of hydrogen-bond donors (Lipinski definition) is 3. The third-order valence-electron chi connectivity index (χ3n) is 2.48. The first kappa shape index (κ1) is 12.8. The van der Waals surface area contributed by atoms with Crippen LogP contribution < -0.4 is 16.7 Å². The van der Waals surface area contributed by atoms with Crippen LogP contribution in [-0.4, -0.2) is 17.6 Å². The summed E-state index contributed by atoms with van der Waals surface area (Å²) in [4.78, 5) is 21.8. The minimum Gasteiger partial charge on any atom is -0.273 e. The van der Waals surface area contributed by atoms with Crippen molar-refractivity contribution in [2.75, 3.05) is 0 Å². The molecule has 1 aliphatic heterocycles. The number of hydrazine groups is 1. The molecule has 0 saturated carbocycles. The number of nitrogens with zero attached hydrogens (tertiary/aromatic N) is 3. The Morgan fingerprint density at radius 1 is 1.32 bits per heavy atom. The van der Waals surface area contributed by atoms with Crippen LogP contribution in [0.3, 0.4) is 0 Å². The van der Waals surface area contributed by atoms with Crippen LogP contribution in [0.4, 0.5) is 10.5 Å². The highest BCUT2D eigenvalue weighted by molar-refractivity contribution is 6.04. The van der Waals surface area contributed by atoms with E-state index in [2.05, 4.69) is 20.8 Å². The maximum Gasteiger partial charge on any atom is 0.373 e. The molecule has 1 heterocycles. The van der Waals surface area contributed by atoms with Crippen LogP contribution in [0.2, 0.25) is 0 Å². The van der Waals surface area contributed by atoms with Gasteiger partial charge in [0.05, 0.1) is 11.4 Å². The molecule has 0 aromatic heterocycles. The van der Waals surface area contributed by atoms with Crippen molar-refractivity contribution in [1.29, 1.82) is 0 Å². The van der Waals surface area contributed by atoms with Gasteiger partial charge in [0.1, 0.15) is 0 Å². The molecule has 0 unspecified atom stereocenters. The lowest BCUT2D eigenvalue weighted by Crippen LogP contribution is -2.26. The van der Waals surface area contributed by atoms with Crippen molar-refractivity contribution >= 4 is 23.3 Å². The van der Waals surface area contributed by atoms with E-state index >= 15 is 0 Å². The van der Waals surface area contributed by atoms with Crippen LogP contribution in [-0.2, 0) is 4.79 Å². The molecule has 19 heavy (non-hydrogen) atoms. The molecule has 0 radical (unpaired) electrons. The number of nitrogens with two attached hydrogens (primary N) is 1. The van der Waals surface area contributed by atoms with E-state index in [9.17, 15) is 9.59 Å². The summed E-state index contributed by atoms with van der Waals surface area (Å²) >= 11 is 0. The lowest BCUT2D eigenvalue weighted by Gasteiger charge is -2.11. The van der Waals surface area contributed by atoms with Gasteiger partial charge in [-0.3, -0.25) is 10.2 Å². The summed E-state index contributed by atoms with van der Waals surface area (Å²) in [7, 11) is 0. The Kier molecular flexibility index (Phi) is 3.94. The summed E-state index contributed by atoms with van der Waals surface area (Å²) in [5.74, 6) is 4.78. The zero-order valence-corrected chi connectivity index (χ0v) is 9.96. The first-order chi connectivity index (χ1) is 9.19. The van der Waals surface area contributed by atoms with Crippen LogP contribution in [0.5, 0.6) is 0 Å². The Morgan fingerprint density at radius 2 is 2.05 bits per heavy atom. The fourth-order valence-corrected chi connectivity index (χ4v) is 1.53. The summed E-state index contributed by atoms with van der Waals surface area (Å²) in [6, 6.07) is 6.27. The van der Waals surface area contributed by atoms with Crippen molar-refractivity contribution in [2.45, 2.75) is 12.8 Å². The molecular formula is C11H12N6O2. The van der Waals surface area contributed by atoms with Crippen molar-refractivity contribution in [3.8, 4) is 0 Å². The molecule has 0 saturated heterocycles. The van der Waals surface area contributed by atoms with Crippen molar-refractivity contribution < 1.29 is 9.59 Å².